The van der Waals surface area contributed by atoms with Gasteiger partial charge in [0, 0.05) is 18.3 Å². The Bertz CT molecular complexity index is 456. The predicted octanol–water partition coefficient (Wildman–Crippen LogP) is 3.48. The standard InChI is InChI=1S/C17H26N2O/c1-4-18-11-15-9-14(3)19-17(10-15)20-12-16-8-6-5-7-13(16)2/h5-6,9-10,13,16,18H,4,7-8,11-12H2,1-3H3. The van der Waals surface area contributed by atoms with Gasteiger partial charge in [-0.05, 0) is 49.8 Å². The number of aryl methyl sites for hydroxylation is 1. The van der Waals surface area contributed by atoms with Crippen LogP contribution in [0.1, 0.15) is 37.9 Å². The lowest BCUT2D eigenvalue weighted by atomic mass is 9.85. The largest absolute Gasteiger partial charge is 0.477 e. The second kappa shape index (κ2) is 7.44. The summed E-state index contributed by atoms with van der Waals surface area (Å²) >= 11 is 0. The molecule has 3 nitrogen and oxygen atoms in total. The van der Waals surface area contributed by atoms with Gasteiger partial charge in [-0.1, -0.05) is 26.0 Å². The maximum Gasteiger partial charge on any atom is 0.213 e. The van der Waals surface area contributed by atoms with Crippen molar-refractivity contribution >= 4 is 0 Å². The van der Waals surface area contributed by atoms with Crippen LogP contribution < -0.4 is 10.1 Å². The zero-order valence-corrected chi connectivity index (χ0v) is 12.9. The van der Waals surface area contributed by atoms with Crippen molar-refractivity contribution in [1.82, 2.24) is 10.3 Å². The summed E-state index contributed by atoms with van der Waals surface area (Å²) in [5.74, 6) is 2.07. The normalized spacial score (nSPS) is 21.9. The number of pyridine rings is 1. The van der Waals surface area contributed by atoms with E-state index in [0.717, 1.165) is 37.7 Å². The summed E-state index contributed by atoms with van der Waals surface area (Å²) in [7, 11) is 0. The molecule has 0 aliphatic heterocycles. The van der Waals surface area contributed by atoms with Crippen LogP contribution in [-0.4, -0.2) is 18.1 Å². The molecule has 0 saturated heterocycles. The van der Waals surface area contributed by atoms with E-state index < -0.39 is 0 Å². The van der Waals surface area contributed by atoms with E-state index in [1.54, 1.807) is 0 Å². The molecule has 1 aromatic heterocycles. The highest BCUT2D eigenvalue weighted by atomic mass is 16.5. The Kier molecular flexibility index (Phi) is 5.60. The van der Waals surface area contributed by atoms with Crippen molar-refractivity contribution in [2.24, 2.45) is 11.8 Å². The molecule has 110 valence electrons. The Morgan fingerprint density at radius 1 is 1.30 bits per heavy atom. The monoisotopic (exact) mass is 274 g/mol. The summed E-state index contributed by atoms with van der Waals surface area (Å²) < 4.78 is 5.94. The molecule has 0 amide bonds. The molecule has 0 fully saturated rings. The molecule has 0 radical (unpaired) electrons. The fraction of sp³-hybridized carbons (Fsp3) is 0.588. The van der Waals surface area contributed by atoms with Gasteiger partial charge in [0.25, 0.3) is 0 Å². The first-order chi connectivity index (χ1) is 9.69. The van der Waals surface area contributed by atoms with E-state index >= 15 is 0 Å². The molecule has 1 aliphatic rings. The number of ether oxygens (including phenoxy) is 1. The predicted molar refractivity (Wildman–Crippen MR) is 82.9 cm³/mol. The minimum atomic E-state index is 0.611. The van der Waals surface area contributed by atoms with Gasteiger partial charge in [0.1, 0.15) is 0 Å². The lowest BCUT2D eigenvalue weighted by molar-refractivity contribution is 0.192. The highest BCUT2D eigenvalue weighted by molar-refractivity contribution is 5.24. The summed E-state index contributed by atoms with van der Waals surface area (Å²) in [6.45, 7) is 9.06. The van der Waals surface area contributed by atoms with E-state index in [1.807, 2.05) is 6.92 Å². The van der Waals surface area contributed by atoms with Crippen molar-refractivity contribution in [3.63, 3.8) is 0 Å². The summed E-state index contributed by atoms with van der Waals surface area (Å²) in [4.78, 5) is 4.48. The van der Waals surface area contributed by atoms with E-state index in [-0.39, 0.29) is 0 Å². The molecule has 3 heteroatoms. The lowest BCUT2D eigenvalue weighted by Crippen LogP contribution is -2.21. The van der Waals surface area contributed by atoms with Crippen LogP contribution in [0, 0.1) is 18.8 Å². The Morgan fingerprint density at radius 2 is 2.10 bits per heavy atom. The van der Waals surface area contributed by atoms with Gasteiger partial charge in [0.15, 0.2) is 0 Å². The van der Waals surface area contributed by atoms with Crippen LogP contribution in [0.15, 0.2) is 24.3 Å². The van der Waals surface area contributed by atoms with Crippen LogP contribution in [-0.2, 0) is 6.54 Å². The Labute approximate surface area is 122 Å². The molecule has 1 heterocycles. The number of allylic oxidation sites excluding steroid dienone is 2. The minimum Gasteiger partial charge on any atom is -0.477 e. The van der Waals surface area contributed by atoms with E-state index in [9.17, 15) is 0 Å². The summed E-state index contributed by atoms with van der Waals surface area (Å²) in [5.41, 5.74) is 2.26. The topological polar surface area (TPSA) is 34.2 Å². The second-order valence-electron chi connectivity index (χ2n) is 5.73. The van der Waals surface area contributed by atoms with Crippen LogP contribution in [0.3, 0.4) is 0 Å². The minimum absolute atomic E-state index is 0.611. The van der Waals surface area contributed by atoms with Crippen molar-refractivity contribution < 1.29 is 4.74 Å². The SMILES string of the molecule is CCNCc1cc(C)nc(OCC2CC=CCC2C)c1. The highest BCUT2D eigenvalue weighted by Gasteiger charge is 2.19. The molecule has 1 N–H and O–H groups in total. The number of nitrogens with zero attached hydrogens (tertiary/aromatic N) is 1. The van der Waals surface area contributed by atoms with E-state index in [0.29, 0.717) is 11.8 Å². The smallest absolute Gasteiger partial charge is 0.213 e. The van der Waals surface area contributed by atoms with Crippen LogP contribution in [0.2, 0.25) is 0 Å². The van der Waals surface area contributed by atoms with Crippen LogP contribution in [0.5, 0.6) is 5.88 Å². The molecule has 2 unspecified atom stereocenters. The van der Waals surface area contributed by atoms with Gasteiger partial charge in [-0.25, -0.2) is 4.98 Å². The molecule has 1 aromatic rings. The maximum atomic E-state index is 5.94. The first kappa shape index (κ1) is 15.0. The van der Waals surface area contributed by atoms with Gasteiger partial charge in [-0.3, -0.25) is 0 Å². The molecule has 0 saturated carbocycles. The number of nitrogens with one attached hydrogen (secondary N) is 1. The highest BCUT2D eigenvalue weighted by Crippen LogP contribution is 2.25. The molecule has 1 aliphatic carbocycles. The average Bonchev–Trinajstić information content (AvgIpc) is 2.44. The number of rotatable bonds is 6. The molecule has 2 rings (SSSR count). The van der Waals surface area contributed by atoms with Gasteiger partial charge in [-0.15, -0.1) is 0 Å². The Balaban J connectivity index is 1.94. The number of hydrogen-bond donors (Lipinski definition) is 1. The lowest BCUT2D eigenvalue weighted by Gasteiger charge is -2.25. The zero-order valence-electron chi connectivity index (χ0n) is 12.9. The fourth-order valence-corrected chi connectivity index (χ4v) is 2.58. The molecule has 0 spiro atoms. The van der Waals surface area contributed by atoms with Gasteiger partial charge < -0.3 is 10.1 Å². The third-order valence-electron chi connectivity index (χ3n) is 3.93. The van der Waals surface area contributed by atoms with Crippen molar-refractivity contribution in [3.8, 4) is 5.88 Å². The summed E-state index contributed by atoms with van der Waals surface area (Å²) in [6, 6.07) is 4.17. The molecule has 0 bridgehead atoms. The Morgan fingerprint density at radius 3 is 2.85 bits per heavy atom. The van der Waals surface area contributed by atoms with Crippen LogP contribution in [0.4, 0.5) is 0 Å². The first-order valence-electron chi connectivity index (χ1n) is 7.65. The molecule has 2 atom stereocenters. The molecule has 20 heavy (non-hydrogen) atoms. The van der Waals surface area contributed by atoms with Gasteiger partial charge in [0.2, 0.25) is 5.88 Å². The molecular weight excluding hydrogens is 248 g/mol. The van der Waals surface area contributed by atoms with Gasteiger partial charge in [-0.2, -0.15) is 0 Å². The van der Waals surface area contributed by atoms with Crippen molar-refractivity contribution in [2.75, 3.05) is 13.2 Å². The molecular formula is C17H26N2O. The van der Waals surface area contributed by atoms with E-state index in [2.05, 4.69) is 48.4 Å². The number of aromatic nitrogens is 1. The van der Waals surface area contributed by atoms with Crippen LogP contribution >= 0.6 is 0 Å². The summed E-state index contributed by atoms with van der Waals surface area (Å²) in [6.07, 6.45) is 6.84. The summed E-state index contributed by atoms with van der Waals surface area (Å²) in [5, 5.41) is 3.34. The van der Waals surface area contributed by atoms with Crippen molar-refractivity contribution in [2.45, 2.75) is 40.2 Å². The maximum absolute atomic E-state index is 5.94. The average molecular weight is 274 g/mol. The second-order valence-corrected chi connectivity index (χ2v) is 5.73. The van der Waals surface area contributed by atoms with Crippen LogP contribution in [0.25, 0.3) is 0 Å². The Hall–Kier alpha value is -1.35. The van der Waals surface area contributed by atoms with E-state index in [4.69, 9.17) is 4.74 Å². The van der Waals surface area contributed by atoms with E-state index in [1.165, 1.54) is 12.0 Å². The van der Waals surface area contributed by atoms with Gasteiger partial charge in [0.05, 0.1) is 6.61 Å². The van der Waals surface area contributed by atoms with Gasteiger partial charge >= 0.3 is 0 Å². The quantitative estimate of drug-likeness (QED) is 0.806. The molecule has 0 aromatic carbocycles. The third kappa shape index (κ3) is 4.34. The third-order valence-corrected chi connectivity index (χ3v) is 3.93. The van der Waals surface area contributed by atoms with Crippen molar-refractivity contribution in [1.29, 1.82) is 0 Å². The van der Waals surface area contributed by atoms with Crippen molar-refractivity contribution in [3.05, 3.63) is 35.5 Å². The fourth-order valence-electron chi connectivity index (χ4n) is 2.58. The zero-order chi connectivity index (χ0) is 14.4. The first-order valence-corrected chi connectivity index (χ1v) is 7.65. The number of hydrogen-bond acceptors (Lipinski definition) is 3.